The highest BCUT2D eigenvalue weighted by molar-refractivity contribution is 5.55. The van der Waals surface area contributed by atoms with E-state index in [0.29, 0.717) is 0 Å². The highest BCUT2D eigenvalue weighted by Crippen LogP contribution is 2.35. The summed E-state index contributed by atoms with van der Waals surface area (Å²) in [5, 5.41) is 10.7. The van der Waals surface area contributed by atoms with Crippen LogP contribution in [0.4, 0.5) is 0 Å². The predicted octanol–water partition coefficient (Wildman–Crippen LogP) is 4.64. The van der Waals surface area contributed by atoms with E-state index in [2.05, 4.69) is 6.92 Å². The van der Waals surface area contributed by atoms with Crippen LogP contribution >= 0.6 is 0 Å². The molecule has 1 N–H and O–H groups in total. The lowest BCUT2D eigenvalue weighted by molar-refractivity contribution is -0.122. The summed E-state index contributed by atoms with van der Waals surface area (Å²) in [6, 6.07) is 0. The third-order valence-electron chi connectivity index (χ3n) is 4.69. The van der Waals surface area contributed by atoms with E-state index < -0.39 is 5.60 Å². The van der Waals surface area contributed by atoms with Gasteiger partial charge in [-0.2, -0.15) is 0 Å². The molecule has 1 aliphatic rings. The second-order valence-electron chi connectivity index (χ2n) is 6.32. The van der Waals surface area contributed by atoms with E-state index in [0.717, 1.165) is 44.8 Å². The Labute approximate surface area is 119 Å². The van der Waals surface area contributed by atoms with E-state index in [4.69, 9.17) is 0 Å². The van der Waals surface area contributed by atoms with Crippen molar-refractivity contribution in [1.29, 1.82) is 0 Å². The van der Waals surface area contributed by atoms with Crippen LogP contribution in [0.1, 0.15) is 90.4 Å². The van der Waals surface area contributed by atoms with Gasteiger partial charge in [0.15, 0.2) is 0 Å². The molecule has 0 aromatic heterocycles. The van der Waals surface area contributed by atoms with Gasteiger partial charge in [-0.15, -0.1) is 0 Å². The zero-order valence-corrected chi connectivity index (χ0v) is 12.7. The molecular formula is C17H32O2. The Morgan fingerprint density at radius 3 is 2.16 bits per heavy atom. The maximum absolute atomic E-state index is 11.3. The summed E-state index contributed by atoms with van der Waals surface area (Å²) in [4.78, 5) is 11.3. The third kappa shape index (κ3) is 6.07. The molecule has 1 unspecified atom stereocenters. The van der Waals surface area contributed by atoms with Crippen molar-refractivity contribution in [1.82, 2.24) is 0 Å². The van der Waals surface area contributed by atoms with Gasteiger partial charge in [0.05, 0.1) is 5.60 Å². The number of unbranched alkanes of at least 4 members (excludes halogenated alkanes) is 5. The van der Waals surface area contributed by atoms with Crippen LogP contribution in [0.5, 0.6) is 0 Å². The van der Waals surface area contributed by atoms with Crippen LogP contribution in [0.15, 0.2) is 0 Å². The molecule has 1 fully saturated rings. The fraction of sp³-hybridized carbons (Fsp3) is 0.941. The minimum Gasteiger partial charge on any atom is -0.389 e. The first-order valence-corrected chi connectivity index (χ1v) is 8.40. The second-order valence-corrected chi connectivity index (χ2v) is 6.32. The lowest BCUT2D eigenvalue weighted by atomic mass is 9.79. The van der Waals surface area contributed by atoms with E-state index in [9.17, 15) is 9.90 Å². The predicted molar refractivity (Wildman–Crippen MR) is 80.2 cm³/mol. The van der Waals surface area contributed by atoms with Crippen molar-refractivity contribution in [2.24, 2.45) is 5.92 Å². The summed E-state index contributed by atoms with van der Waals surface area (Å²) in [6.45, 7) is 2.23. The van der Waals surface area contributed by atoms with Gasteiger partial charge in [-0.05, 0) is 19.3 Å². The molecule has 1 rings (SSSR count). The van der Waals surface area contributed by atoms with Crippen LogP contribution < -0.4 is 0 Å². The molecule has 0 aromatic rings. The van der Waals surface area contributed by atoms with Crippen molar-refractivity contribution in [2.75, 3.05) is 0 Å². The number of hydrogen-bond acceptors (Lipinski definition) is 2. The van der Waals surface area contributed by atoms with Gasteiger partial charge in [0, 0.05) is 5.92 Å². The molecule has 1 aliphatic carbocycles. The molecule has 0 bridgehead atoms. The zero-order valence-electron chi connectivity index (χ0n) is 12.7. The molecular weight excluding hydrogens is 236 g/mol. The first kappa shape index (κ1) is 16.7. The Morgan fingerprint density at radius 1 is 1.00 bits per heavy atom. The van der Waals surface area contributed by atoms with Crippen LogP contribution in [0.2, 0.25) is 0 Å². The number of carbonyl (C=O) groups excluding carboxylic acids is 1. The highest BCUT2D eigenvalue weighted by atomic mass is 16.3. The molecule has 2 nitrogen and oxygen atoms in total. The summed E-state index contributed by atoms with van der Waals surface area (Å²) in [5.41, 5.74) is -0.693. The molecule has 1 saturated carbocycles. The minimum atomic E-state index is -0.693. The summed E-state index contributed by atoms with van der Waals surface area (Å²) < 4.78 is 0. The molecule has 2 heteroatoms. The van der Waals surface area contributed by atoms with Crippen molar-refractivity contribution in [3.05, 3.63) is 0 Å². The molecule has 0 aliphatic heterocycles. The summed E-state index contributed by atoms with van der Waals surface area (Å²) in [5.74, 6) is -0.128. The van der Waals surface area contributed by atoms with E-state index in [1.807, 2.05) is 0 Å². The molecule has 0 radical (unpaired) electrons. The fourth-order valence-electron chi connectivity index (χ4n) is 3.32. The normalized spacial score (nSPS) is 20.7. The van der Waals surface area contributed by atoms with Gasteiger partial charge in [-0.3, -0.25) is 0 Å². The van der Waals surface area contributed by atoms with Crippen LogP contribution in [-0.2, 0) is 4.79 Å². The third-order valence-corrected chi connectivity index (χ3v) is 4.69. The van der Waals surface area contributed by atoms with Crippen molar-refractivity contribution >= 4 is 6.29 Å². The Balaban J connectivity index is 2.28. The number of hydrogen-bond donors (Lipinski definition) is 1. The Hall–Kier alpha value is -0.370. The van der Waals surface area contributed by atoms with Gasteiger partial charge in [0.2, 0.25) is 0 Å². The molecule has 0 aromatic carbocycles. The maximum atomic E-state index is 11.3. The van der Waals surface area contributed by atoms with Crippen LogP contribution in [0.3, 0.4) is 0 Å². The van der Waals surface area contributed by atoms with Crippen molar-refractivity contribution in [2.45, 2.75) is 96.0 Å². The molecule has 0 saturated heterocycles. The van der Waals surface area contributed by atoms with Gasteiger partial charge in [0.25, 0.3) is 0 Å². The molecule has 0 heterocycles. The largest absolute Gasteiger partial charge is 0.389 e. The summed E-state index contributed by atoms with van der Waals surface area (Å²) in [7, 11) is 0. The SMILES string of the molecule is CCCCCCCCC(C=O)C1(O)CCCCCC1. The number of aldehydes is 1. The Kier molecular flexibility index (Phi) is 8.36. The summed E-state index contributed by atoms with van der Waals surface area (Å²) in [6.07, 6.45) is 15.6. The van der Waals surface area contributed by atoms with Gasteiger partial charge in [-0.1, -0.05) is 71.1 Å². The van der Waals surface area contributed by atoms with Gasteiger partial charge in [-0.25, -0.2) is 0 Å². The lowest BCUT2D eigenvalue weighted by Gasteiger charge is -2.32. The molecule has 0 amide bonds. The topological polar surface area (TPSA) is 37.3 Å². The van der Waals surface area contributed by atoms with Crippen LogP contribution in [0.25, 0.3) is 0 Å². The van der Waals surface area contributed by atoms with Gasteiger partial charge in [0.1, 0.15) is 6.29 Å². The van der Waals surface area contributed by atoms with Crippen LogP contribution in [-0.4, -0.2) is 17.0 Å². The standard InChI is InChI=1S/C17H32O2/c1-2-3-4-5-6-9-12-16(15-18)17(19)13-10-7-8-11-14-17/h15-16,19H,2-14H2,1H3. The zero-order chi connectivity index (χ0) is 14.0. The monoisotopic (exact) mass is 268 g/mol. The molecule has 19 heavy (non-hydrogen) atoms. The Bertz CT molecular complexity index is 229. The minimum absolute atomic E-state index is 0.128. The van der Waals surface area contributed by atoms with E-state index in [1.54, 1.807) is 0 Å². The Morgan fingerprint density at radius 2 is 1.58 bits per heavy atom. The van der Waals surface area contributed by atoms with Crippen molar-refractivity contribution < 1.29 is 9.90 Å². The maximum Gasteiger partial charge on any atom is 0.125 e. The molecule has 0 spiro atoms. The lowest BCUT2D eigenvalue weighted by Crippen LogP contribution is -2.38. The highest BCUT2D eigenvalue weighted by Gasteiger charge is 2.36. The first-order valence-electron chi connectivity index (χ1n) is 8.40. The van der Waals surface area contributed by atoms with E-state index in [1.165, 1.54) is 44.9 Å². The molecule has 1 atom stereocenters. The number of rotatable bonds is 9. The quantitative estimate of drug-likeness (QED) is 0.376. The average Bonchev–Trinajstić information content (AvgIpc) is 2.63. The molecule has 112 valence electrons. The first-order chi connectivity index (χ1) is 9.23. The second kappa shape index (κ2) is 9.52. The van der Waals surface area contributed by atoms with Gasteiger partial charge >= 0.3 is 0 Å². The fourth-order valence-corrected chi connectivity index (χ4v) is 3.32. The van der Waals surface area contributed by atoms with Crippen LogP contribution in [0, 0.1) is 5.92 Å². The van der Waals surface area contributed by atoms with E-state index >= 15 is 0 Å². The van der Waals surface area contributed by atoms with Crippen molar-refractivity contribution in [3.8, 4) is 0 Å². The number of aliphatic hydroxyl groups is 1. The van der Waals surface area contributed by atoms with Gasteiger partial charge < -0.3 is 9.90 Å². The smallest absolute Gasteiger partial charge is 0.125 e. The summed E-state index contributed by atoms with van der Waals surface area (Å²) >= 11 is 0. The number of carbonyl (C=O) groups is 1. The average molecular weight is 268 g/mol. The van der Waals surface area contributed by atoms with E-state index in [-0.39, 0.29) is 5.92 Å². The van der Waals surface area contributed by atoms with Crippen molar-refractivity contribution in [3.63, 3.8) is 0 Å².